The summed E-state index contributed by atoms with van der Waals surface area (Å²) >= 11 is 3.51. The number of hydrogen-bond acceptors (Lipinski definition) is 1. The van der Waals surface area contributed by atoms with Gasteiger partial charge < -0.3 is 4.90 Å². The van der Waals surface area contributed by atoms with Crippen molar-refractivity contribution < 1.29 is 0 Å². The van der Waals surface area contributed by atoms with E-state index in [1.54, 1.807) is 0 Å². The Morgan fingerprint density at radius 3 is 3.00 bits per heavy atom. The fourth-order valence-electron chi connectivity index (χ4n) is 2.07. The number of fused-ring (bicyclic) bond motifs is 1. The van der Waals surface area contributed by atoms with Crippen molar-refractivity contribution in [3.05, 3.63) is 28.2 Å². The first-order valence-corrected chi connectivity index (χ1v) is 5.52. The summed E-state index contributed by atoms with van der Waals surface area (Å²) in [6.45, 7) is 3.43. The second-order valence-corrected chi connectivity index (χ2v) is 4.60. The first kappa shape index (κ1) is 9.07. The number of halogens is 1. The molecule has 0 saturated heterocycles. The summed E-state index contributed by atoms with van der Waals surface area (Å²) in [6, 6.07) is 6.60. The van der Waals surface area contributed by atoms with Crippen molar-refractivity contribution in [3.8, 4) is 0 Å². The van der Waals surface area contributed by atoms with Gasteiger partial charge in [0.05, 0.1) is 0 Å². The first-order valence-electron chi connectivity index (χ1n) is 4.73. The van der Waals surface area contributed by atoms with E-state index >= 15 is 0 Å². The van der Waals surface area contributed by atoms with Crippen molar-refractivity contribution in [3.63, 3.8) is 0 Å². The van der Waals surface area contributed by atoms with Gasteiger partial charge >= 0.3 is 0 Å². The Kier molecular flexibility index (Phi) is 2.33. The summed E-state index contributed by atoms with van der Waals surface area (Å²) < 4.78 is 1.18. The van der Waals surface area contributed by atoms with Crippen molar-refractivity contribution in [2.45, 2.75) is 19.3 Å². The number of hydrogen-bond donors (Lipinski definition) is 0. The third kappa shape index (κ3) is 1.48. The molecule has 0 aromatic heterocycles. The molecule has 1 unspecified atom stereocenters. The lowest BCUT2D eigenvalue weighted by Gasteiger charge is -2.11. The van der Waals surface area contributed by atoms with E-state index in [1.807, 2.05) is 0 Å². The molecule has 0 saturated carbocycles. The minimum atomic E-state index is 0.730. The number of nitrogens with zero attached hydrogens (tertiary/aromatic N) is 1. The van der Waals surface area contributed by atoms with Crippen LogP contribution in [0.1, 0.15) is 24.8 Å². The van der Waals surface area contributed by atoms with Gasteiger partial charge in [0.1, 0.15) is 0 Å². The van der Waals surface area contributed by atoms with Crippen LogP contribution in [0.25, 0.3) is 0 Å². The molecule has 0 aliphatic carbocycles. The fourth-order valence-corrected chi connectivity index (χ4v) is 2.42. The summed E-state index contributed by atoms with van der Waals surface area (Å²) in [4.78, 5) is 2.34. The van der Waals surface area contributed by atoms with E-state index in [2.05, 4.69) is 53.0 Å². The van der Waals surface area contributed by atoms with Crippen LogP contribution in [0.2, 0.25) is 0 Å². The SMILES string of the molecule is CCC1CN(C)c2cc(Br)ccc21. The van der Waals surface area contributed by atoms with E-state index in [1.165, 1.54) is 28.7 Å². The molecule has 2 rings (SSSR count). The van der Waals surface area contributed by atoms with E-state index in [0.29, 0.717) is 0 Å². The Balaban J connectivity index is 2.46. The minimum absolute atomic E-state index is 0.730. The molecule has 0 N–H and O–H groups in total. The van der Waals surface area contributed by atoms with Crippen LogP contribution in [0.4, 0.5) is 5.69 Å². The third-order valence-electron chi connectivity index (χ3n) is 2.83. The predicted octanol–water partition coefficient (Wildman–Crippen LogP) is 3.39. The molecular weight excluding hydrogens is 226 g/mol. The Bertz CT molecular complexity index is 322. The number of rotatable bonds is 1. The van der Waals surface area contributed by atoms with Gasteiger partial charge in [-0.3, -0.25) is 0 Å². The molecule has 0 bridgehead atoms. The Labute approximate surface area is 87.9 Å². The molecule has 1 aromatic carbocycles. The zero-order chi connectivity index (χ0) is 9.42. The molecule has 0 amide bonds. The lowest BCUT2D eigenvalue weighted by Crippen LogP contribution is -2.14. The predicted molar refractivity (Wildman–Crippen MR) is 60.4 cm³/mol. The normalized spacial score (nSPS) is 20.5. The van der Waals surface area contributed by atoms with Crippen LogP contribution in [0.5, 0.6) is 0 Å². The van der Waals surface area contributed by atoms with Crippen LogP contribution in [0, 0.1) is 0 Å². The van der Waals surface area contributed by atoms with Crippen molar-refractivity contribution in [2.24, 2.45) is 0 Å². The zero-order valence-electron chi connectivity index (χ0n) is 8.05. The third-order valence-corrected chi connectivity index (χ3v) is 3.32. The molecule has 1 heterocycles. The maximum Gasteiger partial charge on any atom is 0.0411 e. The van der Waals surface area contributed by atoms with Crippen LogP contribution in [-0.4, -0.2) is 13.6 Å². The maximum absolute atomic E-state index is 3.51. The topological polar surface area (TPSA) is 3.24 Å². The molecule has 70 valence electrons. The lowest BCUT2D eigenvalue weighted by atomic mass is 9.99. The summed E-state index contributed by atoms with van der Waals surface area (Å²) in [5.41, 5.74) is 2.90. The van der Waals surface area contributed by atoms with Crippen LogP contribution in [0.3, 0.4) is 0 Å². The molecule has 13 heavy (non-hydrogen) atoms. The summed E-state index contributed by atoms with van der Waals surface area (Å²) in [5.74, 6) is 0.730. The van der Waals surface area contributed by atoms with Gasteiger partial charge in [-0.25, -0.2) is 0 Å². The van der Waals surface area contributed by atoms with Gasteiger partial charge in [-0.2, -0.15) is 0 Å². The second-order valence-electron chi connectivity index (χ2n) is 3.69. The first-order chi connectivity index (χ1) is 6.22. The number of anilines is 1. The van der Waals surface area contributed by atoms with Crippen molar-refractivity contribution in [2.75, 3.05) is 18.5 Å². The largest absolute Gasteiger partial charge is 0.374 e. The average molecular weight is 240 g/mol. The van der Waals surface area contributed by atoms with Gasteiger partial charge in [0.15, 0.2) is 0 Å². The second kappa shape index (κ2) is 3.33. The molecule has 1 aliphatic rings. The van der Waals surface area contributed by atoms with Crippen molar-refractivity contribution >= 4 is 21.6 Å². The number of likely N-dealkylation sites (N-methyl/N-ethyl adjacent to an activating group) is 1. The van der Waals surface area contributed by atoms with Gasteiger partial charge in [-0.05, 0) is 24.1 Å². The highest BCUT2D eigenvalue weighted by molar-refractivity contribution is 9.10. The number of benzene rings is 1. The van der Waals surface area contributed by atoms with Gasteiger partial charge in [-0.1, -0.05) is 28.9 Å². The van der Waals surface area contributed by atoms with E-state index in [9.17, 15) is 0 Å². The highest BCUT2D eigenvalue weighted by Gasteiger charge is 2.24. The van der Waals surface area contributed by atoms with Crippen molar-refractivity contribution in [1.29, 1.82) is 0 Å². The van der Waals surface area contributed by atoms with Gasteiger partial charge in [0, 0.05) is 29.7 Å². The van der Waals surface area contributed by atoms with E-state index < -0.39 is 0 Å². The monoisotopic (exact) mass is 239 g/mol. The minimum Gasteiger partial charge on any atom is -0.374 e. The molecule has 1 aliphatic heterocycles. The fraction of sp³-hybridized carbons (Fsp3) is 0.455. The molecule has 1 atom stereocenters. The highest BCUT2D eigenvalue weighted by atomic mass is 79.9. The smallest absolute Gasteiger partial charge is 0.0411 e. The van der Waals surface area contributed by atoms with Crippen LogP contribution >= 0.6 is 15.9 Å². The molecule has 1 aromatic rings. The van der Waals surface area contributed by atoms with Crippen LogP contribution in [0.15, 0.2) is 22.7 Å². The quantitative estimate of drug-likeness (QED) is 0.727. The highest BCUT2D eigenvalue weighted by Crippen LogP contribution is 2.38. The Hall–Kier alpha value is -0.500. The summed E-state index contributed by atoms with van der Waals surface area (Å²) in [5, 5.41) is 0. The van der Waals surface area contributed by atoms with Crippen LogP contribution < -0.4 is 4.90 Å². The Morgan fingerprint density at radius 1 is 1.54 bits per heavy atom. The van der Waals surface area contributed by atoms with Crippen LogP contribution in [-0.2, 0) is 0 Å². The van der Waals surface area contributed by atoms with Gasteiger partial charge in [0.25, 0.3) is 0 Å². The summed E-state index contributed by atoms with van der Waals surface area (Å²) in [7, 11) is 2.17. The molecule has 2 heteroatoms. The zero-order valence-corrected chi connectivity index (χ0v) is 9.63. The standard InChI is InChI=1S/C11H14BrN/c1-3-8-7-13(2)11-6-9(12)4-5-10(8)11/h4-6,8H,3,7H2,1-2H3. The lowest BCUT2D eigenvalue weighted by molar-refractivity contribution is 0.696. The van der Waals surface area contributed by atoms with E-state index in [-0.39, 0.29) is 0 Å². The van der Waals surface area contributed by atoms with Gasteiger partial charge in [0.2, 0.25) is 0 Å². The summed E-state index contributed by atoms with van der Waals surface area (Å²) in [6.07, 6.45) is 1.24. The van der Waals surface area contributed by atoms with E-state index in [4.69, 9.17) is 0 Å². The molecule has 1 nitrogen and oxygen atoms in total. The van der Waals surface area contributed by atoms with E-state index in [0.717, 1.165) is 5.92 Å². The average Bonchev–Trinajstić information content (AvgIpc) is 2.43. The molecule has 0 spiro atoms. The van der Waals surface area contributed by atoms with Crippen molar-refractivity contribution in [1.82, 2.24) is 0 Å². The Morgan fingerprint density at radius 2 is 2.31 bits per heavy atom. The molecule has 0 fully saturated rings. The molecular formula is C11H14BrN. The maximum atomic E-state index is 3.51. The molecule has 0 radical (unpaired) electrons. The van der Waals surface area contributed by atoms with Gasteiger partial charge in [-0.15, -0.1) is 0 Å².